The van der Waals surface area contributed by atoms with Gasteiger partial charge in [0, 0.05) is 10.7 Å². The molecule has 1 amide bonds. The Kier molecular flexibility index (Phi) is 7.03. The van der Waals surface area contributed by atoms with Crippen LogP contribution in [0.15, 0.2) is 42.5 Å². The summed E-state index contributed by atoms with van der Waals surface area (Å²) in [5, 5.41) is 3.62. The highest BCUT2D eigenvalue weighted by atomic mass is 35.5. The maximum atomic E-state index is 13.5. The molecule has 1 N–H and O–H groups in total. The first-order chi connectivity index (χ1) is 14.4. The fourth-order valence-electron chi connectivity index (χ4n) is 4.11. The van der Waals surface area contributed by atoms with Gasteiger partial charge < -0.3 is 14.8 Å². The van der Waals surface area contributed by atoms with Gasteiger partial charge in [-0.2, -0.15) is 0 Å². The molecule has 0 spiro atoms. The summed E-state index contributed by atoms with van der Waals surface area (Å²) >= 11 is 6.49. The summed E-state index contributed by atoms with van der Waals surface area (Å²) < 4.78 is 10.6. The molecule has 0 aliphatic heterocycles. The van der Waals surface area contributed by atoms with Crippen LogP contribution in [0, 0.1) is 0 Å². The van der Waals surface area contributed by atoms with Crippen molar-refractivity contribution in [2.75, 3.05) is 12.4 Å². The highest BCUT2D eigenvalue weighted by Gasteiger charge is 2.42. The van der Waals surface area contributed by atoms with Gasteiger partial charge in [0.1, 0.15) is 11.3 Å². The Morgan fingerprint density at radius 1 is 1.07 bits per heavy atom. The SMILES string of the molecule is COC(=O)c1cc(NC(=O)C2(c3ccccc3Cl)CCCCC2)ccc1OC(C)C. The van der Waals surface area contributed by atoms with E-state index in [1.54, 1.807) is 18.2 Å². The van der Waals surface area contributed by atoms with Gasteiger partial charge in [-0.1, -0.05) is 49.1 Å². The van der Waals surface area contributed by atoms with Crippen LogP contribution in [-0.4, -0.2) is 25.1 Å². The molecular weight excluding hydrogens is 402 g/mol. The highest BCUT2D eigenvalue weighted by Crippen LogP contribution is 2.43. The first-order valence-corrected chi connectivity index (χ1v) is 10.7. The fourth-order valence-corrected chi connectivity index (χ4v) is 4.42. The number of anilines is 1. The van der Waals surface area contributed by atoms with E-state index in [9.17, 15) is 9.59 Å². The molecular formula is C24H28ClNO4. The Hall–Kier alpha value is -2.53. The van der Waals surface area contributed by atoms with Gasteiger partial charge >= 0.3 is 5.97 Å². The third kappa shape index (κ3) is 4.62. The Morgan fingerprint density at radius 2 is 1.77 bits per heavy atom. The van der Waals surface area contributed by atoms with E-state index in [1.165, 1.54) is 7.11 Å². The lowest BCUT2D eigenvalue weighted by Crippen LogP contribution is -2.42. The number of carbonyl (C=O) groups excluding carboxylic acids is 2. The summed E-state index contributed by atoms with van der Waals surface area (Å²) in [6.45, 7) is 3.76. The second-order valence-corrected chi connectivity index (χ2v) is 8.35. The van der Waals surface area contributed by atoms with E-state index in [1.807, 2.05) is 38.1 Å². The number of halogens is 1. The van der Waals surface area contributed by atoms with Crippen molar-refractivity contribution in [1.82, 2.24) is 0 Å². The molecule has 0 atom stereocenters. The molecule has 1 aliphatic carbocycles. The monoisotopic (exact) mass is 429 g/mol. The standard InChI is InChI=1S/C24H28ClNO4/c1-16(2)30-21-12-11-17(15-18(21)22(27)29-3)26-23(28)24(13-7-4-8-14-24)19-9-5-6-10-20(19)25/h5-6,9-12,15-16H,4,7-8,13-14H2,1-3H3,(H,26,28). The van der Waals surface area contributed by atoms with Crippen molar-refractivity contribution in [3.8, 4) is 5.75 Å². The van der Waals surface area contributed by atoms with Crippen molar-refractivity contribution in [2.24, 2.45) is 0 Å². The lowest BCUT2D eigenvalue weighted by Gasteiger charge is -2.37. The summed E-state index contributed by atoms with van der Waals surface area (Å²) in [7, 11) is 1.32. The van der Waals surface area contributed by atoms with Crippen molar-refractivity contribution in [3.05, 3.63) is 58.6 Å². The van der Waals surface area contributed by atoms with Crippen LogP contribution in [0.3, 0.4) is 0 Å². The number of hydrogen-bond acceptors (Lipinski definition) is 4. The Morgan fingerprint density at radius 3 is 2.40 bits per heavy atom. The molecule has 3 rings (SSSR count). The van der Waals surface area contributed by atoms with E-state index in [-0.39, 0.29) is 17.6 Å². The number of carbonyl (C=O) groups is 2. The third-order valence-electron chi connectivity index (χ3n) is 5.54. The molecule has 1 fully saturated rings. The number of nitrogens with one attached hydrogen (secondary N) is 1. The minimum Gasteiger partial charge on any atom is -0.490 e. The van der Waals surface area contributed by atoms with Gasteiger partial charge in [-0.25, -0.2) is 4.79 Å². The number of hydrogen-bond donors (Lipinski definition) is 1. The van der Waals surface area contributed by atoms with Crippen molar-refractivity contribution in [3.63, 3.8) is 0 Å². The maximum Gasteiger partial charge on any atom is 0.341 e. The molecule has 0 saturated heterocycles. The molecule has 0 aromatic heterocycles. The van der Waals surface area contributed by atoms with Gasteiger partial charge in [0.15, 0.2) is 0 Å². The number of rotatable bonds is 6. The molecule has 0 unspecified atom stereocenters. The largest absolute Gasteiger partial charge is 0.490 e. The first kappa shape index (κ1) is 22.2. The lowest BCUT2D eigenvalue weighted by atomic mass is 9.68. The second-order valence-electron chi connectivity index (χ2n) is 7.95. The fraction of sp³-hybridized carbons (Fsp3) is 0.417. The molecule has 5 nitrogen and oxygen atoms in total. The number of benzene rings is 2. The minimum absolute atomic E-state index is 0.0976. The van der Waals surface area contributed by atoms with E-state index >= 15 is 0 Å². The summed E-state index contributed by atoms with van der Waals surface area (Å²) in [6.07, 6.45) is 4.41. The van der Waals surface area contributed by atoms with Crippen LogP contribution in [0.25, 0.3) is 0 Å². The average molecular weight is 430 g/mol. The smallest absolute Gasteiger partial charge is 0.341 e. The van der Waals surface area contributed by atoms with Crippen molar-refractivity contribution in [2.45, 2.75) is 57.5 Å². The molecule has 30 heavy (non-hydrogen) atoms. The zero-order valence-corrected chi connectivity index (χ0v) is 18.4. The normalized spacial score (nSPS) is 15.5. The van der Waals surface area contributed by atoms with E-state index in [4.69, 9.17) is 21.1 Å². The first-order valence-electron chi connectivity index (χ1n) is 10.3. The molecule has 0 radical (unpaired) electrons. The van der Waals surface area contributed by atoms with Crippen molar-refractivity contribution in [1.29, 1.82) is 0 Å². The molecule has 1 aliphatic rings. The van der Waals surface area contributed by atoms with E-state index in [0.29, 0.717) is 16.5 Å². The lowest BCUT2D eigenvalue weighted by molar-refractivity contribution is -0.122. The Labute approximate surface area is 182 Å². The topological polar surface area (TPSA) is 64.6 Å². The molecule has 160 valence electrons. The van der Waals surface area contributed by atoms with Gasteiger partial charge in [0.2, 0.25) is 5.91 Å². The van der Waals surface area contributed by atoms with Crippen LogP contribution in [0.5, 0.6) is 5.75 Å². The zero-order valence-electron chi connectivity index (χ0n) is 17.7. The van der Waals surface area contributed by atoms with E-state index in [2.05, 4.69) is 5.32 Å². The van der Waals surface area contributed by atoms with Crippen LogP contribution >= 0.6 is 11.6 Å². The Balaban J connectivity index is 1.94. The van der Waals surface area contributed by atoms with E-state index < -0.39 is 11.4 Å². The molecule has 2 aromatic rings. The average Bonchev–Trinajstić information content (AvgIpc) is 2.74. The van der Waals surface area contributed by atoms with Crippen LogP contribution in [-0.2, 0) is 14.9 Å². The van der Waals surface area contributed by atoms with Gasteiger partial charge in [-0.05, 0) is 56.5 Å². The van der Waals surface area contributed by atoms with Crippen molar-refractivity contribution >= 4 is 29.2 Å². The number of esters is 1. The van der Waals surface area contributed by atoms with Crippen LogP contribution in [0.1, 0.15) is 61.9 Å². The molecule has 6 heteroatoms. The van der Waals surface area contributed by atoms with Gasteiger partial charge in [-0.3, -0.25) is 4.79 Å². The minimum atomic E-state index is -0.685. The predicted molar refractivity (Wildman–Crippen MR) is 118 cm³/mol. The number of amides is 1. The second kappa shape index (κ2) is 9.52. The van der Waals surface area contributed by atoms with Crippen LogP contribution < -0.4 is 10.1 Å². The molecule has 2 aromatic carbocycles. The number of methoxy groups -OCH3 is 1. The predicted octanol–water partition coefficient (Wildman–Crippen LogP) is 5.75. The zero-order chi connectivity index (χ0) is 21.7. The van der Waals surface area contributed by atoms with Gasteiger partial charge in [0.25, 0.3) is 0 Å². The Bertz CT molecular complexity index is 919. The molecule has 0 bridgehead atoms. The summed E-state index contributed by atoms with van der Waals surface area (Å²) in [4.78, 5) is 25.8. The quantitative estimate of drug-likeness (QED) is 0.593. The van der Waals surface area contributed by atoms with Crippen LogP contribution in [0.4, 0.5) is 5.69 Å². The summed E-state index contributed by atoms with van der Waals surface area (Å²) in [5.41, 5.74) is 0.972. The third-order valence-corrected chi connectivity index (χ3v) is 5.87. The van der Waals surface area contributed by atoms with Crippen molar-refractivity contribution < 1.29 is 19.1 Å². The molecule has 1 saturated carbocycles. The number of ether oxygens (including phenoxy) is 2. The van der Waals surface area contributed by atoms with Gasteiger partial charge in [0.05, 0.1) is 18.6 Å². The van der Waals surface area contributed by atoms with E-state index in [0.717, 1.165) is 37.7 Å². The van der Waals surface area contributed by atoms with Crippen LogP contribution in [0.2, 0.25) is 5.02 Å². The maximum absolute atomic E-state index is 13.5. The van der Waals surface area contributed by atoms with Gasteiger partial charge in [-0.15, -0.1) is 0 Å². The molecule has 0 heterocycles. The summed E-state index contributed by atoms with van der Waals surface area (Å²) in [6, 6.07) is 12.6. The highest BCUT2D eigenvalue weighted by molar-refractivity contribution is 6.31. The summed E-state index contributed by atoms with van der Waals surface area (Å²) in [5.74, 6) is -0.197.